The second kappa shape index (κ2) is 14.4. The van der Waals surface area contributed by atoms with Gasteiger partial charge in [-0.1, -0.05) is 50.2 Å². The van der Waals surface area contributed by atoms with E-state index in [1.807, 2.05) is 81.2 Å². The molecule has 4 aromatic rings. The molecule has 284 valence electrons. The lowest BCUT2D eigenvalue weighted by Gasteiger charge is -2.24. The van der Waals surface area contributed by atoms with Crippen molar-refractivity contribution >= 4 is 78.1 Å². The van der Waals surface area contributed by atoms with Crippen molar-refractivity contribution in [2.24, 2.45) is 23.7 Å². The first-order valence-corrected chi connectivity index (χ1v) is 23.3. The molecule has 2 aromatic carbocycles. The van der Waals surface area contributed by atoms with Crippen LogP contribution >= 0.6 is 22.7 Å². The van der Waals surface area contributed by atoms with Gasteiger partial charge in [-0.15, -0.1) is 22.7 Å². The Morgan fingerprint density at radius 2 is 1.00 bits per heavy atom. The van der Waals surface area contributed by atoms with E-state index in [4.69, 9.17) is 0 Å². The molecule has 14 heteroatoms. The van der Waals surface area contributed by atoms with Gasteiger partial charge in [0, 0.05) is 70.3 Å². The van der Waals surface area contributed by atoms with E-state index in [0.717, 1.165) is 59.6 Å². The number of piperidine rings is 2. The van der Waals surface area contributed by atoms with Crippen LogP contribution in [0.4, 0.5) is 11.4 Å². The van der Waals surface area contributed by atoms with E-state index in [9.17, 15) is 26.4 Å². The van der Waals surface area contributed by atoms with E-state index >= 15 is 0 Å². The van der Waals surface area contributed by atoms with Gasteiger partial charge in [0.15, 0.2) is 0 Å². The monoisotopic (exact) mass is 804 g/mol. The van der Waals surface area contributed by atoms with Gasteiger partial charge in [-0.05, 0) is 94.1 Å². The number of amides is 2. The number of hydrogen-bond donors (Lipinski definition) is 2. The van der Waals surface area contributed by atoms with Crippen LogP contribution in [-0.4, -0.2) is 77.1 Å². The zero-order chi connectivity index (χ0) is 38.5. The van der Waals surface area contributed by atoms with Crippen LogP contribution in [0.5, 0.6) is 0 Å². The van der Waals surface area contributed by atoms with Crippen molar-refractivity contribution in [1.82, 2.24) is 9.80 Å². The highest BCUT2D eigenvalue weighted by Crippen LogP contribution is 2.64. The fourth-order valence-electron chi connectivity index (χ4n) is 8.53. The fourth-order valence-corrected chi connectivity index (χ4v) is 10.9. The van der Waals surface area contributed by atoms with Gasteiger partial charge in [0.1, 0.15) is 0 Å². The molecule has 4 heterocycles. The normalized spacial score (nSPS) is 27.0. The van der Waals surface area contributed by atoms with Crippen LogP contribution in [-0.2, 0) is 40.5 Å². The summed E-state index contributed by atoms with van der Waals surface area (Å²) in [5.74, 6) is 1.81. The number of likely N-dealkylation sites (tertiary alicyclic amines) is 2. The third-order valence-corrected chi connectivity index (χ3v) is 14.5. The Bertz CT molecular complexity index is 2130. The number of anilines is 2. The van der Waals surface area contributed by atoms with Crippen LogP contribution < -0.4 is 9.44 Å². The first-order valence-electron chi connectivity index (χ1n) is 17.7. The summed E-state index contributed by atoms with van der Waals surface area (Å²) in [5, 5.41) is 3.99. The Morgan fingerprint density at radius 1 is 0.630 bits per heavy atom. The van der Waals surface area contributed by atoms with Gasteiger partial charge in [0.05, 0.1) is 12.5 Å². The van der Waals surface area contributed by atoms with Crippen molar-refractivity contribution in [2.75, 3.05) is 48.1 Å². The lowest BCUT2D eigenvalue weighted by atomic mass is 9.92. The standard InChI is InChI=1S/2C20H22N2O3S2/c2*1-20(14-5-3-6-15(11-14)21-27(2,24)25)17-12-22(13-18(17)20)19(23)9-8-16-7-4-10-26-16/h2*3-11,17-18,21H,12-13H2,1-2H3/b2*9-8+. The summed E-state index contributed by atoms with van der Waals surface area (Å²) in [6.45, 7) is 7.42. The molecule has 8 rings (SSSR count). The van der Waals surface area contributed by atoms with Crippen molar-refractivity contribution in [3.05, 3.63) is 117 Å². The quantitative estimate of drug-likeness (QED) is 0.180. The van der Waals surface area contributed by atoms with E-state index in [1.54, 1.807) is 47.0 Å². The van der Waals surface area contributed by atoms with Gasteiger partial charge in [-0.2, -0.15) is 0 Å². The molecule has 2 aliphatic heterocycles. The van der Waals surface area contributed by atoms with Crippen molar-refractivity contribution in [3.63, 3.8) is 0 Å². The van der Waals surface area contributed by atoms with Gasteiger partial charge < -0.3 is 9.80 Å². The maximum atomic E-state index is 12.4. The van der Waals surface area contributed by atoms with Gasteiger partial charge in [-0.3, -0.25) is 19.0 Å². The molecule has 2 N–H and O–H groups in total. The molecule has 0 radical (unpaired) electrons. The molecule has 4 atom stereocenters. The molecule has 4 unspecified atom stereocenters. The third-order valence-electron chi connectivity index (χ3n) is 11.6. The maximum Gasteiger partial charge on any atom is 0.246 e. The van der Waals surface area contributed by atoms with Crippen LogP contribution in [0.1, 0.15) is 34.7 Å². The Kier molecular flexibility index (Phi) is 10.2. The molecule has 4 fully saturated rings. The van der Waals surface area contributed by atoms with Gasteiger partial charge >= 0.3 is 0 Å². The van der Waals surface area contributed by atoms with E-state index in [-0.39, 0.29) is 22.6 Å². The van der Waals surface area contributed by atoms with E-state index < -0.39 is 20.0 Å². The number of rotatable bonds is 10. The Hall–Kier alpha value is -4.24. The minimum Gasteiger partial charge on any atom is -0.339 e. The van der Waals surface area contributed by atoms with E-state index in [1.165, 1.54) is 0 Å². The highest BCUT2D eigenvalue weighted by atomic mass is 32.2. The summed E-state index contributed by atoms with van der Waals surface area (Å²) in [4.78, 5) is 30.9. The SMILES string of the molecule is CC1(c2cccc(NS(C)(=O)=O)c2)C2CN(C(=O)/C=C/c3cccs3)CC21.CC1(c2cccc(NS(C)(=O)=O)c2)C2CN(C(=O)/C=C/c3cccs3)CC21. The molecular formula is C40H44N4O6S4. The first kappa shape index (κ1) is 38.1. The summed E-state index contributed by atoms with van der Waals surface area (Å²) in [5.41, 5.74) is 3.45. The zero-order valence-electron chi connectivity index (χ0n) is 30.5. The molecule has 4 aliphatic rings. The molecule has 54 heavy (non-hydrogen) atoms. The number of carbonyl (C=O) groups is 2. The number of nitrogens with one attached hydrogen (secondary N) is 2. The average molecular weight is 805 g/mol. The van der Waals surface area contributed by atoms with E-state index in [2.05, 4.69) is 35.4 Å². The number of hydrogen-bond acceptors (Lipinski definition) is 8. The molecule has 2 amide bonds. The topological polar surface area (TPSA) is 133 Å². The Labute approximate surface area is 325 Å². The van der Waals surface area contributed by atoms with Crippen molar-refractivity contribution in [1.29, 1.82) is 0 Å². The van der Waals surface area contributed by atoms with Crippen molar-refractivity contribution in [2.45, 2.75) is 24.7 Å². The Morgan fingerprint density at radius 3 is 1.31 bits per heavy atom. The number of carbonyl (C=O) groups excluding carboxylic acids is 2. The summed E-state index contributed by atoms with van der Waals surface area (Å²) in [7, 11) is -6.58. The third kappa shape index (κ3) is 8.07. The number of thiophene rings is 2. The van der Waals surface area contributed by atoms with Crippen LogP contribution in [0.25, 0.3) is 12.2 Å². The average Bonchev–Trinajstić information content (AvgIpc) is 3.70. The highest BCUT2D eigenvalue weighted by molar-refractivity contribution is 7.92. The zero-order valence-corrected chi connectivity index (χ0v) is 33.8. The van der Waals surface area contributed by atoms with Crippen molar-refractivity contribution < 1.29 is 26.4 Å². The molecule has 0 bridgehead atoms. The van der Waals surface area contributed by atoms with E-state index in [0.29, 0.717) is 35.0 Å². The minimum absolute atomic E-state index is 0.00341. The predicted molar refractivity (Wildman–Crippen MR) is 218 cm³/mol. The highest BCUT2D eigenvalue weighted by Gasteiger charge is 2.67. The van der Waals surface area contributed by atoms with Gasteiger partial charge in [0.25, 0.3) is 0 Å². The van der Waals surface area contributed by atoms with Gasteiger partial charge in [0.2, 0.25) is 31.9 Å². The van der Waals surface area contributed by atoms with Crippen molar-refractivity contribution in [3.8, 4) is 0 Å². The summed E-state index contributed by atoms with van der Waals surface area (Å²) in [6.07, 6.45) is 9.36. The molecular weight excluding hydrogens is 761 g/mol. The lowest BCUT2D eigenvalue weighted by molar-refractivity contribution is -0.126. The molecule has 2 aromatic heterocycles. The lowest BCUT2D eigenvalue weighted by Crippen LogP contribution is -2.33. The number of nitrogens with zero attached hydrogens (tertiary/aromatic N) is 2. The largest absolute Gasteiger partial charge is 0.339 e. The molecule has 2 aliphatic carbocycles. The van der Waals surface area contributed by atoms with Crippen LogP contribution in [0.15, 0.2) is 95.7 Å². The van der Waals surface area contributed by atoms with Crippen LogP contribution in [0.2, 0.25) is 0 Å². The summed E-state index contributed by atoms with van der Waals surface area (Å²) >= 11 is 3.23. The maximum absolute atomic E-state index is 12.4. The fraction of sp³-hybridized carbons (Fsp3) is 0.350. The number of sulfonamides is 2. The van der Waals surface area contributed by atoms with Crippen LogP contribution in [0, 0.1) is 23.7 Å². The summed E-state index contributed by atoms with van der Waals surface area (Å²) in [6, 6.07) is 23.1. The summed E-state index contributed by atoms with van der Waals surface area (Å²) < 4.78 is 51.0. The predicted octanol–water partition coefficient (Wildman–Crippen LogP) is 6.36. The Balaban J connectivity index is 0.000000167. The second-order valence-electron chi connectivity index (χ2n) is 15.1. The molecule has 0 spiro atoms. The molecule has 10 nitrogen and oxygen atoms in total. The molecule has 2 saturated carbocycles. The molecule has 2 saturated heterocycles. The number of benzene rings is 2. The smallest absolute Gasteiger partial charge is 0.246 e. The second-order valence-corrected chi connectivity index (χ2v) is 20.5. The van der Waals surface area contributed by atoms with Gasteiger partial charge in [-0.25, -0.2) is 16.8 Å². The van der Waals surface area contributed by atoms with Crippen LogP contribution in [0.3, 0.4) is 0 Å². The first-order chi connectivity index (χ1) is 25.5. The minimum atomic E-state index is -3.29. The number of fused-ring (bicyclic) bond motifs is 2.